The summed E-state index contributed by atoms with van der Waals surface area (Å²) in [7, 11) is 0. The first-order chi connectivity index (χ1) is 15.5. The molecule has 1 aliphatic heterocycles. The number of nitrogens with zero attached hydrogens (tertiary/aromatic N) is 4. The van der Waals surface area contributed by atoms with Gasteiger partial charge in [-0.25, -0.2) is 9.38 Å². The average molecular weight is 439 g/mol. The first-order valence-electron chi connectivity index (χ1n) is 11.8. The molecule has 5 nitrogen and oxygen atoms in total. The van der Waals surface area contributed by atoms with Gasteiger partial charge in [-0.3, -0.25) is 4.79 Å². The van der Waals surface area contributed by atoms with E-state index >= 15 is 0 Å². The molecule has 2 aromatic carbocycles. The number of rotatable bonds is 8. The molecule has 172 valence electrons. The second-order valence-corrected chi connectivity index (χ2v) is 8.21. The lowest BCUT2D eigenvalue weighted by Gasteiger charge is -2.36. The highest BCUT2D eigenvalue weighted by molar-refractivity contribution is 6.02. The maximum Gasteiger partial charge on any atom is 0.253 e. The van der Waals surface area contributed by atoms with Gasteiger partial charge in [-0.05, 0) is 49.7 Å². The monoisotopic (exact) mass is 438 g/mol. The number of halogens is 1. The maximum absolute atomic E-state index is 13.8. The highest BCUT2D eigenvalue weighted by Crippen LogP contribution is 2.19. The summed E-state index contributed by atoms with van der Waals surface area (Å²) in [6.07, 6.45) is 1.88. The van der Waals surface area contributed by atoms with Crippen LogP contribution in [0.4, 0.5) is 10.1 Å². The number of benzene rings is 2. The van der Waals surface area contributed by atoms with Crippen LogP contribution < -0.4 is 0 Å². The van der Waals surface area contributed by atoms with E-state index < -0.39 is 0 Å². The van der Waals surface area contributed by atoms with E-state index in [9.17, 15) is 9.18 Å². The van der Waals surface area contributed by atoms with Gasteiger partial charge in [-0.2, -0.15) is 0 Å². The molecule has 0 atom stereocenters. The van der Waals surface area contributed by atoms with Gasteiger partial charge in [0.25, 0.3) is 5.91 Å². The maximum atomic E-state index is 13.8. The fourth-order valence-electron chi connectivity index (χ4n) is 4.06. The van der Waals surface area contributed by atoms with Crippen LogP contribution in [0.15, 0.2) is 53.5 Å². The smallest absolute Gasteiger partial charge is 0.253 e. The lowest BCUT2D eigenvalue weighted by Crippen LogP contribution is -2.48. The summed E-state index contributed by atoms with van der Waals surface area (Å²) < 4.78 is 13.8. The summed E-state index contributed by atoms with van der Waals surface area (Å²) in [4.78, 5) is 24.4. The number of amides is 1. The van der Waals surface area contributed by atoms with Crippen LogP contribution in [-0.2, 0) is 0 Å². The fraction of sp³-hybridized carbons (Fsp3) is 0.462. The van der Waals surface area contributed by atoms with Gasteiger partial charge in [-0.15, -0.1) is 0 Å². The van der Waals surface area contributed by atoms with Gasteiger partial charge >= 0.3 is 0 Å². The summed E-state index contributed by atoms with van der Waals surface area (Å²) in [6.45, 7) is 12.6. The lowest BCUT2D eigenvalue weighted by atomic mass is 10.1. The Labute approximate surface area is 191 Å². The minimum Gasteiger partial charge on any atom is -0.354 e. The summed E-state index contributed by atoms with van der Waals surface area (Å²) in [5.41, 5.74) is 2.22. The van der Waals surface area contributed by atoms with Crippen LogP contribution in [0.25, 0.3) is 0 Å². The molecule has 1 amide bonds. The van der Waals surface area contributed by atoms with Gasteiger partial charge in [0.2, 0.25) is 0 Å². The third-order valence-corrected chi connectivity index (χ3v) is 5.83. The van der Waals surface area contributed by atoms with Crippen molar-refractivity contribution < 1.29 is 9.18 Å². The molecule has 1 aliphatic rings. The molecule has 32 heavy (non-hydrogen) atoms. The molecule has 1 fully saturated rings. The highest BCUT2D eigenvalue weighted by atomic mass is 19.1. The van der Waals surface area contributed by atoms with Crippen molar-refractivity contribution in [1.82, 2.24) is 14.7 Å². The SMILES string of the molecule is CCCN(CCC)C(=O)c1ccc(C(=Nc2cccc(F)c2)N2CCN(CC)CC2)cc1. The predicted octanol–water partition coefficient (Wildman–Crippen LogP) is 4.80. The van der Waals surface area contributed by atoms with E-state index in [4.69, 9.17) is 4.99 Å². The largest absolute Gasteiger partial charge is 0.354 e. The number of likely N-dealkylation sites (N-methyl/N-ethyl adjacent to an activating group) is 1. The van der Waals surface area contributed by atoms with Crippen molar-refractivity contribution in [3.63, 3.8) is 0 Å². The molecule has 3 rings (SSSR count). The molecule has 1 heterocycles. The van der Waals surface area contributed by atoms with Crippen molar-refractivity contribution in [2.75, 3.05) is 45.8 Å². The van der Waals surface area contributed by atoms with E-state index in [0.717, 1.165) is 70.1 Å². The molecule has 0 saturated carbocycles. The molecule has 0 radical (unpaired) electrons. The summed E-state index contributed by atoms with van der Waals surface area (Å²) in [6, 6.07) is 14.1. The van der Waals surface area contributed by atoms with E-state index in [1.54, 1.807) is 6.07 Å². The Kier molecular flexibility index (Phi) is 8.80. The first-order valence-corrected chi connectivity index (χ1v) is 11.8. The van der Waals surface area contributed by atoms with Crippen molar-refractivity contribution in [2.45, 2.75) is 33.6 Å². The number of hydrogen-bond acceptors (Lipinski definition) is 3. The predicted molar refractivity (Wildman–Crippen MR) is 129 cm³/mol. The molecule has 1 saturated heterocycles. The van der Waals surface area contributed by atoms with Crippen molar-refractivity contribution in [3.05, 3.63) is 65.5 Å². The van der Waals surface area contributed by atoms with Gasteiger partial charge in [0.05, 0.1) is 5.69 Å². The van der Waals surface area contributed by atoms with E-state index in [1.807, 2.05) is 35.2 Å². The molecule has 0 unspecified atom stereocenters. The van der Waals surface area contributed by atoms with Gasteiger partial charge in [0, 0.05) is 50.4 Å². The second kappa shape index (κ2) is 11.8. The molecule has 2 aromatic rings. The number of hydrogen-bond donors (Lipinski definition) is 0. The summed E-state index contributed by atoms with van der Waals surface area (Å²) in [5.74, 6) is 0.596. The molecule has 0 N–H and O–H groups in total. The quantitative estimate of drug-likeness (QED) is 0.439. The normalized spacial score (nSPS) is 15.1. The number of aliphatic imine (C=N–C) groups is 1. The van der Waals surface area contributed by atoms with Gasteiger partial charge in [0.1, 0.15) is 11.7 Å². The van der Waals surface area contributed by atoms with Crippen LogP contribution in [0.1, 0.15) is 49.5 Å². The third kappa shape index (κ3) is 6.16. The van der Waals surface area contributed by atoms with Crippen LogP contribution in [-0.4, -0.2) is 72.3 Å². The van der Waals surface area contributed by atoms with Crippen molar-refractivity contribution in [3.8, 4) is 0 Å². The number of carbonyl (C=O) groups is 1. The number of piperazine rings is 1. The van der Waals surface area contributed by atoms with Gasteiger partial charge < -0.3 is 14.7 Å². The second-order valence-electron chi connectivity index (χ2n) is 8.21. The molecule has 0 spiro atoms. The summed E-state index contributed by atoms with van der Waals surface area (Å²) in [5, 5.41) is 0. The Morgan fingerprint density at radius 2 is 1.56 bits per heavy atom. The lowest BCUT2D eigenvalue weighted by molar-refractivity contribution is 0.0755. The molecular weight excluding hydrogens is 403 g/mol. The van der Waals surface area contributed by atoms with Crippen LogP contribution >= 0.6 is 0 Å². The van der Waals surface area contributed by atoms with E-state index in [0.29, 0.717) is 11.3 Å². The average Bonchev–Trinajstić information content (AvgIpc) is 2.82. The fourth-order valence-corrected chi connectivity index (χ4v) is 4.06. The van der Waals surface area contributed by atoms with Crippen LogP contribution in [0.5, 0.6) is 0 Å². The molecule has 0 bridgehead atoms. The van der Waals surface area contributed by atoms with Crippen molar-refractivity contribution in [2.24, 2.45) is 4.99 Å². The molecular formula is C26H35FN4O. The van der Waals surface area contributed by atoms with Gasteiger partial charge in [-0.1, -0.05) is 39.0 Å². The van der Waals surface area contributed by atoms with Crippen LogP contribution in [0.2, 0.25) is 0 Å². The Balaban J connectivity index is 1.88. The van der Waals surface area contributed by atoms with Crippen molar-refractivity contribution in [1.29, 1.82) is 0 Å². The van der Waals surface area contributed by atoms with Crippen LogP contribution in [0.3, 0.4) is 0 Å². The standard InChI is InChI=1S/C26H35FN4O/c1-4-14-31(15-5-2)26(32)22-12-10-21(11-13-22)25(28-24-9-7-8-23(27)20-24)30-18-16-29(6-3)17-19-30/h7-13,20H,4-6,14-19H2,1-3H3. The molecule has 0 aliphatic carbocycles. The Morgan fingerprint density at radius 3 is 2.12 bits per heavy atom. The Hall–Kier alpha value is -2.73. The van der Waals surface area contributed by atoms with E-state index in [2.05, 4.69) is 30.6 Å². The zero-order chi connectivity index (χ0) is 22.9. The minimum atomic E-state index is -0.297. The topological polar surface area (TPSA) is 39.2 Å². The van der Waals surface area contributed by atoms with Gasteiger partial charge in [0.15, 0.2) is 0 Å². The Bertz CT molecular complexity index is 898. The van der Waals surface area contributed by atoms with E-state index in [1.165, 1.54) is 12.1 Å². The first kappa shape index (κ1) is 23.9. The zero-order valence-electron chi connectivity index (χ0n) is 19.6. The zero-order valence-corrected chi connectivity index (χ0v) is 19.6. The summed E-state index contributed by atoms with van der Waals surface area (Å²) >= 11 is 0. The number of carbonyl (C=O) groups excluding carboxylic acids is 1. The van der Waals surface area contributed by atoms with Crippen LogP contribution in [0, 0.1) is 5.82 Å². The number of amidine groups is 1. The Morgan fingerprint density at radius 1 is 0.938 bits per heavy atom. The molecule has 6 heteroatoms. The van der Waals surface area contributed by atoms with Crippen molar-refractivity contribution >= 4 is 17.4 Å². The molecule has 0 aromatic heterocycles. The highest BCUT2D eigenvalue weighted by Gasteiger charge is 2.21. The third-order valence-electron chi connectivity index (χ3n) is 5.83. The van der Waals surface area contributed by atoms with E-state index in [-0.39, 0.29) is 11.7 Å². The minimum absolute atomic E-state index is 0.0698.